The second-order valence-corrected chi connectivity index (χ2v) is 9.76. The Hall–Kier alpha value is -3.88. The zero-order valence-corrected chi connectivity index (χ0v) is 20.9. The number of methoxy groups -OCH3 is 1. The first-order chi connectivity index (χ1) is 16.6. The van der Waals surface area contributed by atoms with Gasteiger partial charge >= 0.3 is 6.09 Å². The lowest BCUT2D eigenvalue weighted by molar-refractivity contribution is 0.0478. The number of nitrogens with one attached hydrogen (secondary N) is 1. The van der Waals surface area contributed by atoms with E-state index in [0.29, 0.717) is 18.2 Å². The van der Waals surface area contributed by atoms with Gasteiger partial charge < -0.3 is 19.2 Å². The number of carbonyl (C=O) groups is 1. The summed E-state index contributed by atoms with van der Waals surface area (Å²) in [7, 11) is 1.66. The number of fused-ring (bicyclic) bond motifs is 1. The van der Waals surface area contributed by atoms with Gasteiger partial charge in [-0.1, -0.05) is 37.3 Å². The van der Waals surface area contributed by atoms with Crippen LogP contribution in [-0.2, 0) is 11.3 Å². The summed E-state index contributed by atoms with van der Waals surface area (Å²) in [4.78, 5) is 16.7. The van der Waals surface area contributed by atoms with E-state index in [1.165, 1.54) is 0 Å². The summed E-state index contributed by atoms with van der Waals surface area (Å²) in [6.45, 7) is 9.79. The van der Waals surface area contributed by atoms with E-state index in [0.717, 1.165) is 27.8 Å². The van der Waals surface area contributed by atoms with Crippen molar-refractivity contribution in [3.05, 3.63) is 60.4 Å². The first-order valence-electron chi connectivity index (χ1n) is 11.5. The minimum Gasteiger partial charge on any atom is -0.497 e. The molecule has 0 saturated heterocycles. The molecule has 0 aliphatic heterocycles. The van der Waals surface area contributed by atoms with Gasteiger partial charge in [0.2, 0.25) is 5.89 Å². The molecule has 2 aromatic carbocycles. The topological polar surface area (TPSA) is 104 Å². The SMILES string of the molecule is COc1ccc2cc(-c3cn(Cc4cnc([C@@H](NC(=O)OC(C)(C)C)C(C)C)o4)nn3)ccc2c1. The molecule has 9 nitrogen and oxygen atoms in total. The molecule has 4 rings (SSSR count). The van der Waals surface area contributed by atoms with E-state index in [4.69, 9.17) is 13.9 Å². The number of ether oxygens (including phenoxy) is 2. The van der Waals surface area contributed by atoms with Gasteiger partial charge in [0.1, 0.15) is 35.4 Å². The maximum Gasteiger partial charge on any atom is 0.408 e. The summed E-state index contributed by atoms with van der Waals surface area (Å²) < 4.78 is 18.3. The fourth-order valence-electron chi connectivity index (χ4n) is 3.67. The first-order valence-corrected chi connectivity index (χ1v) is 11.5. The molecule has 9 heteroatoms. The standard InChI is InChI=1S/C26H31N5O4/c1-16(2)23(28-25(32)35-26(3,4)5)24-27-13-21(34-24)14-31-15-22(29-30-31)19-8-7-18-12-20(33-6)10-9-17(18)11-19/h7-13,15-16,23H,14H2,1-6H3,(H,28,32)/t23-/m0/s1. The quantitative estimate of drug-likeness (QED) is 0.382. The Bertz CT molecular complexity index is 1320. The van der Waals surface area contributed by atoms with Crippen LogP contribution in [0.25, 0.3) is 22.0 Å². The largest absolute Gasteiger partial charge is 0.497 e. The number of aromatic nitrogens is 4. The van der Waals surface area contributed by atoms with Gasteiger partial charge in [-0.15, -0.1) is 5.10 Å². The third-order valence-corrected chi connectivity index (χ3v) is 5.38. The van der Waals surface area contributed by atoms with Crippen LogP contribution in [0.1, 0.15) is 52.3 Å². The van der Waals surface area contributed by atoms with E-state index in [2.05, 4.69) is 26.7 Å². The van der Waals surface area contributed by atoms with Crippen molar-refractivity contribution in [1.82, 2.24) is 25.3 Å². The average molecular weight is 478 g/mol. The molecule has 1 amide bonds. The molecule has 4 aromatic rings. The minimum atomic E-state index is -0.587. The molecule has 184 valence electrons. The van der Waals surface area contributed by atoms with Gasteiger partial charge in [0.15, 0.2) is 0 Å². The smallest absolute Gasteiger partial charge is 0.408 e. The molecule has 2 heterocycles. The summed E-state index contributed by atoms with van der Waals surface area (Å²) in [5.41, 5.74) is 1.14. The normalized spacial score (nSPS) is 12.7. The summed E-state index contributed by atoms with van der Waals surface area (Å²) >= 11 is 0. The molecule has 0 bridgehead atoms. The van der Waals surface area contributed by atoms with E-state index >= 15 is 0 Å². The number of nitrogens with zero attached hydrogens (tertiary/aromatic N) is 4. The Morgan fingerprint density at radius 1 is 1.14 bits per heavy atom. The Morgan fingerprint density at radius 3 is 2.60 bits per heavy atom. The Labute approximate surface area is 204 Å². The van der Waals surface area contributed by atoms with Crippen LogP contribution in [0.3, 0.4) is 0 Å². The fourth-order valence-corrected chi connectivity index (χ4v) is 3.67. The van der Waals surface area contributed by atoms with Crippen LogP contribution in [0.5, 0.6) is 5.75 Å². The summed E-state index contributed by atoms with van der Waals surface area (Å²) in [6.07, 6.45) is 3.00. The van der Waals surface area contributed by atoms with Gasteiger partial charge in [-0.2, -0.15) is 0 Å². The summed E-state index contributed by atoms with van der Waals surface area (Å²) in [5.74, 6) is 1.91. The molecular formula is C26H31N5O4. The van der Waals surface area contributed by atoms with E-state index in [1.807, 2.05) is 71.1 Å². The highest BCUT2D eigenvalue weighted by Gasteiger charge is 2.26. The first kappa shape index (κ1) is 24.3. The van der Waals surface area contributed by atoms with Crippen molar-refractivity contribution in [2.24, 2.45) is 5.92 Å². The minimum absolute atomic E-state index is 0.0554. The third-order valence-electron chi connectivity index (χ3n) is 5.38. The number of benzene rings is 2. The van der Waals surface area contributed by atoms with E-state index in [1.54, 1.807) is 18.0 Å². The van der Waals surface area contributed by atoms with Gasteiger partial charge in [-0.25, -0.2) is 14.5 Å². The van der Waals surface area contributed by atoms with Gasteiger partial charge in [0, 0.05) is 5.56 Å². The third kappa shape index (κ3) is 5.98. The van der Waals surface area contributed by atoms with Crippen molar-refractivity contribution in [2.75, 3.05) is 7.11 Å². The molecule has 0 fully saturated rings. The van der Waals surface area contributed by atoms with Crippen molar-refractivity contribution in [3.63, 3.8) is 0 Å². The van der Waals surface area contributed by atoms with Crippen LogP contribution < -0.4 is 10.1 Å². The predicted octanol–water partition coefficient (Wildman–Crippen LogP) is 5.37. The maximum atomic E-state index is 12.3. The number of hydrogen-bond acceptors (Lipinski definition) is 7. The fraction of sp³-hybridized carbons (Fsp3) is 0.385. The molecule has 0 aliphatic carbocycles. The average Bonchev–Trinajstić information content (AvgIpc) is 3.45. The molecule has 0 saturated carbocycles. The molecule has 0 aliphatic rings. The highest BCUT2D eigenvalue weighted by atomic mass is 16.6. The molecule has 1 atom stereocenters. The van der Waals surface area contributed by atoms with Gasteiger partial charge in [0.25, 0.3) is 0 Å². The lowest BCUT2D eigenvalue weighted by atomic mass is 10.1. The number of oxazole rings is 1. The lowest BCUT2D eigenvalue weighted by Gasteiger charge is -2.24. The number of hydrogen-bond donors (Lipinski definition) is 1. The molecule has 0 unspecified atom stereocenters. The number of rotatable bonds is 7. The molecule has 35 heavy (non-hydrogen) atoms. The summed E-state index contributed by atoms with van der Waals surface area (Å²) in [6, 6.07) is 11.7. The van der Waals surface area contributed by atoms with Crippen molar-refractivity contribution < 1.29 is 18.7 Å². The van der Waals surface area contributed by atoms with E-state index < -0.39 is 17.7 Å². The van der Waals surface area contributed by atoms with Crippen molar-refractivity contribution in [1.29, 1.82) is 0 Å². The highest BCUT2D eigenvalue weighted by molar-refractivity contribution is 5.87. The van der Waals surface area contributed by atoms with Gasteiger partial charge in [0.05, 0.1) is 19.5 Å². The monoisotopic (exact) mass is 477 g/mol. The molecular weight excluding hydrogens is 446 g/mol. The van der Waals surface area contributed by atoms with E-state index in [-0.39, 0.29) is 5.92 Å². The van der Waals surface area contributed by atoms with Crippen LogP contribution in [-0.4, -0.2) is 38.8 Å². The van der Waals surface area contributed by atoms with E-state index in [9.17, 15) is 4.79 Å². The van der Waals surface area contributed by atoms with Crippen LogP contribution >= 0.6 is 0 Å². The second kappa shape index (κ2) is 9.77. The zero-order valence-electron chi connectivity index (χ0n) is 20.9. The van der Waals surface area contributed by atoms with Crippen LogP contribution in [0.2, 0.25) is 0 Å². The lowest BCUT2D eigenvalue weighted by Crippen LogP contribution is -2.37. The second-order valence-electron chi connectivity index (χ2n) is 9.76. The Kier molecular flexibility index (Phi) is 6.77. The Balaban J connectivity index is 1.46. The molecule has 1 N–H and O–H groups in total. The Morgan fingerprint density at radius 2 is 1.89 bits per heavy atom. The predicted molar refractivity (Wildman–Crippen MR) is 132 cm³/mol. The van der Waals surface area contributed by atoms with Crippen LogP contribution in [0, 0.1) is 5.92 Å². The summed E-state index contributed by atoms with van der Waals surface area (Å²) in [5, 5.41) is 13.6. The number of carbonyl (C=O) groups excluding carboxylic acids is 1. The van der Waals surface area contributed by atoms with Crippen molar-refractivity contribution >= 4 is 16.9 Å². The number of amides is 1. The molecule has 0 spiro atoms. The zero-order chi connectivity index (χ0) is 25.2. The van der Waals surface area contributed by atoms with Gasteiger partial charge in [-0.3, -0.25) is 0 Å². The highest BCUT2D eigenvalue weighted by Crippen LogP contribution is 2.26. The van der Waals surface area contributed by atoms with Crippen LogP contribution in [0.4, 0.5) is 4.79 Å². The molecule has 0 radical (unpaired) electrons. The molecule has 2 aromatic heterocycles. The van der Waals surface area contributed by atoms with Crippen LogP contribution in [0.15, 0.2) is 53.2 Å². The van der Waals surface area contributed by atoms with Crippen molar-refractivity contribution in [3.8, 4) is 17.0 Å². The van der Waals surface area contributed by atoms with Gasteiger partial charge in [-0.05, 0) is 55.7 Å². The number of alkyl carbamates (subject to hydrolysis) is 1. The maximum absolute atomic E-state index is 12.3. The van der Waals surface area contributed by atoms with Crippen molar-refractivity contribution in [2.45, 2.75) is 52.8 Å².